The third-order valence-corrected chi connectivity index (χ3v) is 3.86. The molecular formula is C12H26N2. The molecule has 1 rings (SSSR count). The van der Waals surface area contributed by atoms with Crippen LogP contribution in [0.5, 0.6) is 0 Å². The molecular weight excluding hydrogens is 172 g/mol. The van der Waals surface area contributed by atoms with Gasteiger partial charge in [-0.15, -0.1) is 0 Å². The van der Waals surface area contributed by atoms with E-state index in [9.17, 15) is 0 Å². The Kier molecular flexibility index (Phi) is 4.39. The van der Waals surface area contributed by atoms with Crippen molar-refractivity contribution in [1.82, 2.24) is 4.90 Å². The van der Waals surface area contributed by atoms with E-state index in [0.717, 1.165) is 12.5 Å². The van der Waals surface area contributed by atoms with E-state index >= 15 is 0 Å². The smallest absolute Gasteiger partial charge is 0.0244 e. The Bertz CT molecular complexity index is 168. The van der Waals surface area contributed by atoms with Crippen molar-refractivity contribution in [1.29, 1.82) is 0 Å². The summed E-state index contributed by atoms with van der Waals surface area (Å²) in [6, 6.07) is 1.28. The fourth-order valence-corrected chi connectivity index (χ4v) is 2.63. The number of hydrogen-bond donors (Lipinski definition) is 1. The van der Waals surface area contributed by atoms with Crippen LogP contribution in [0.2, 0.25) is 0 Å². The van der Waals surface area contributed by atoms with Crippen LogP contribution in [-0.4, -0.2) is 30.1 Å². The van der Waals surface area contributed by atoms with Crippen LogP contribution in [0.15, 0.2) is 0 Å². The van der Waals surface area contributed by atoms with Gasteiger partial charge in [0.15, 0.2) is 0 Å². The summed E-state index contributed by atoms with van der Waals surface area (Å²) in [7, 11) is 0. The molecule has 84 valence electrons. The molecule has 1 aliphatic rings. The molecule has 0 aromatic carbocycles. The van der Waals surface area contributed by atoms with Gasteiger partial charge in [0.1, 0.15) is 0 Å². The molecule has 0 aliphatic carbocycles. The maximum absolute atomic E-state index is 5.87. The number of nitrogens with zero attached hydrogens (tertiary/aromatic N) is 1. The second kappa shape index (κ2) is 5.13. The lowest BCUT2D eigenvalue weighted by Gasteiger charge is -2.44. The zero-order chi connectivity index (χ0) is 10.7. The summed E-state index contributed by atoms with van der Waals surface area (Å²) < 4.78 is 0. The normalized spacial score (nSPS) is 32.1. The van der Waals surface area contributed by atoms with Crippen LogP contribution in [0, 0.1) is 11.8 Å². The summed E-state index contributed by atoms with van der Waals surface area (Å²) >= 11 is 0. The van der Waals surface area contributed by atoms with Crippen LogP contribution in [0.4, 0.5) is 0 Å². The molecule has 1 saturated heterocycles. The Morgan fingerprint density at radius 3 is 2.50 bits per heavy atom. The van der Waals surface area contributed by atoms with Gasteiger partial charge in [0.05, 0.1) is 0 Å². The Hall–Kier alpha value is -0.0800. The molecule has 2 heteroatoms. The summed E-state index contributed by atoms with van der Waals surface area (Å²) in [5.41, 5.74) is 5.87. The predicted octanol–water partition coefficient (Wildman–Crippen LogP) is 2.09. The zero-order valence-electron chi connectivity index (χ0n) is 10.2. The molecule has 1 aliphatic heterocycles. The molecule has 0 radical (unpaired) electrons. The van der Waals surface area contributed by atoms with E-state index in [4.69, 9.17) is 5.73 Å². The van der Waals surface area contributed by atoms with Gasteiger partial charge in [-0.25, -0.2) is 0 Å². The van der Waals surface area contributed by atoms with Gasteiger partial charge < -0.3 is 5.73 Å². The maximum Gasteiger partial charge on any atom is 0.0244 e. The molecule has 0 aromatic rings. The van der Waals surface area contributed by atoms with Crippen molar-refractivity contribution in [3.05, 3.63) is 0 Å². The van der Waals surface area contributed by atoms with Gasteiger partial charge in [0.2, 0.25) is 0 Å². The van der Waals surface area contributed by atoms with Crippen LogP contribution in [-0.2, 0) is 0 Å². The lowest BCUT2D eigenvalue weighted by molar-refractivity contribution is 0.0510. The van der Waals surface area contributed by atoms with Crippen LogP contribution in [0.25, 0.3) is 0 Å². The van der Waals surface area contributed by atoms with Crippen molar-refractivity contribution in [3.8, 4) is 0 Å². The molecule has 3 unspecified atom stereocenters. The minimum absolute atomic E-state index is 0.577. The molecule has 14 heavy (non-hydrogen) atoms. The summed E-state index contributed by atoms with van der Waals surface area (Å²) in [5, 5.41) is 0. The summed E-state index contributed by atoms with van der Waals surface area (Å²) in [6.45, 7) is 11.3. The van der Waals surface area contributed by atoms with Gasteiger partial charge in [0, 0.05) is 18.6 Å². The average molecular weight is 198 g/mol. The second-order valence-electron chi connectivity index (χ2n) is 5.15. The Morgan fingerprint density at radius 2 is 2.00 bits per heavy atom. The minimum Gasteiger partial charge on any atom is -0.329 e. The van der Waals surface area contributed by atoms with E-state index in [1.807, 2.05) is 0 Å². The first kappa shape index (κ1) is 12.0. The maximum atomic E-state index is 5.87. The van der Waals surface area contributed by atoms with Crippen LogP contribution in [0.3, 0.4) is 0 Å². The Balaban J connectivity index is 2.63. The molecule has 1 heterocycles. The number of rotatable bonds is 3. The highest BCUT2D eigenvalue weighted by Gasteiger charge is 2.30. The summed E-state index contributed by atoms with van der Waals surface area (Å²) in [4.78, 5) is 2.62. The standard InChI is InChI=1S/C12H26N2/c1-9(2)12(8-13)14-7-5-6-10(3)11(14)4/h9-12H,5-8,13H2,1-4H3. The molecule has 2 nitrogen and oxygen atoms in total. The fourth-order valence-electron chi connectivity index (χ4n) is 2.63. The third-order valence-electron chi connectivity index (χ3n) is 3.86. The topological polar surface area (TPSA) is 29.3 Å². The number of likely N-dealkylation sites (tertiary alicyclic amines) is 1. The quantitative estimate of drug-likeness (QED) is 0.752. The largest absolute Gasteiger partial charge is 0.329 e. The predicted molar refractivity (Wildman–Crippen MR) is 62.2 cm³/mol. The molecule has 2 N–H and O–H groups in total. The number of hydrogen-bond acceptors (Lipinski definition) is 2. The van der Waals surface area contributed by atoms with Crippen molar-refractivity contribution in [2.24, 2.45) is 17.6 Å². The molecule has 0 saturated carbocycles. The van der Waals surface area contributed by atoms with Crippen LogP contribution < -0.4 is 5.73 Å². The van der Waals surface area contributed by atoms with E-state index in [-0.39, 0.29) is 0 Å². The van der Waals surface area contributed by atoms with E-state index in [0.29, 0.717) is 18.0 Å². The first-order valence-corrected chi connectivity index (χ1v) is 6.03. The lowest BCUT2D eigenvalue weighted by atomic mass is 9.88. The van der Waals surface area contributed by atoms with Crippen molar-refractivity contribution in [2.75, 3.05) is 13.1 Å². The van der Waals surface area contributed by atoms with Crippen LogP contribution >= 0.6 is 0 Å². The second-order valence-corrected chi connectivity index (χ2v) is 5.15. The van der Waals surface area contributed by atoms with Gasteiger partial charge >= 0.3 is 0 Å². The monoisotopic (exact) mass is 198 g/mol. The summed E-state index contributed by atoms with van der Waals surface area (Å²) in [6.07, 6.45) is 2.72. The van der Waals surface area contributed by atoms with E-state index in [2.05, 4.69) is 32.6 Å². The van der Waals surface area contributed by atoms with Gasteiger partial charge in [-0.2, -0.15) is 0 Å². The highest BCUT2D eigenvalue weighted by molar-refractivity contribution is 4.85. The highest BCUT2D eigenvalue weighted by atomic mass is 15.2. The first-order valence-electron chi connectivity index (χ1n) is 6.03. The van der Waals surface area contributed by atoms with Gasteiger partial charge in [-0.05, 0) is 38.1 Å². The van der Waals surface area contributed by atoms with E-state index < -0.39 is 0 Å². The number of nitrogens with two attached hydrogens (primary N) is 1. The van der Waals surface area contributed by atoms with Gasteiger partial charge in [0.25, 0.3) is 0 Å². The van der Waals surface area contributed by atoms with Crippen molar-refractivity contribution < 1.29 is 0 Å². The molecule has 0 spiro atoms. The fraction of sp³-hybridized carbons (Fsp3) is 1.00. The summed E-state index contributed by atoms with van der Waals surface area (Å²) in [5.74, 6) is 1.50. The van der Waals surface area contributed by atoms with E-state index in [1.165, 1.54) is 19.4 Å². The van der Waals surface area contributed by atoms with Crippen molar-refractivity contribution in [3.63, 3.8) is 0 Å². The molecule has 0 bridgehead atoms. The SMILES string of the molecule is CC(C)C(CN)N1CCCC(C)C1C. The molecule has 0 amide bonds. The third kappa shape index (κ3) is 2.48. The average Bonchev–Trinajstić information content (AvgIpc) is 2.13. The first-order chi connectivity index (χ1) is 6.57. The van der Waals surface area contributed by atoms with Crippen molar-refractivity contribution >= 4 is 0 Å². The number of piperidine rings is 1. The zero-order valence-corrected chi connectivity index (χ0v) is 10.2. The van der Waals surface area contributed by atoms with Gasteiger partial charge in [-0.3, -0.25) is 4.90 Å². The van der Waals surface area contributed by atoms with Crippen LogP contribution in [0.1, 0.15) is 40.5 Å². The molecule has 0 aromatic heterocycles. The highest BCUT2D eigenvalue weighted by Crippen LogP contribution is 2.26. The minimum atomic E-state index is 0.577. The van der Waals surface area contributed by atoms with Crippen molar-refractivity contribution in [2.45, 2.75) is 52.6 Å². The Labute approximate surface area is 88.8 Å². The lowest BCUT2D eigenvalue weighted by Crippen LogP contribution is -2.53. The molecule has 1 fully saturated rings. The van der Waals surface area contributed by atoms with E-state index in [1.54, 1.807) is 0 Å². The van der Waals surface area contributed by atoms with Gasteiger partial charge in [-0.1, -0.05) is 20.8 Å². The Morgan fingerprint density at radius 1 is 1.36 bits per heavy atom. The molecule has 3 atom stereocenters.